The fourth-order valence-corrected chi connectivity index (χ4v) is 2.13. The topological polar surface area (TPSA) is 24.1 Å². The number of nitrogens with one attached hydrogen (secondary N) is 2. The first-order chi connectivity index (χ1) is 6.85. The van der Waals surface area contributed by atoms with Gasteiger partial charge in [0, 0.05) is 24.7 Å². The number of fused-ring (bicyclic) bond motifs is 1. The highest BCUT2D eigenvalue weighted by atomic mass is 14.9. The summed E-state index contributed by atoms with van der Waals surface area (Å²) in [6.45, 7) is 4.32. The Balaban J connectivity index is 2.28. The molecule has 0 fully saturated rings. The lowest BCUT2D eigenvalue weighted by molar-refractivity contribution is 0.724. The number of anilines is 1. The van der Waals surface area contributed by atoms with E-state index in [2.05, 4.69) is 35.8 Å². The molecule has 1 aromatic carbocycles. The Kier molecular flexibility index (Phi) is 2.73. The van der Waals surface area contributed by atoms with E-state index in [1.54, 1.807) is 0 Å². The van der Waals surface area contributed by atoms with Crippen LogP contribution in [0.2, 0.25) is 0 Å². The molecule has 0 saturated carbocycles. The zero-order chi connectivity index (χ0) is 9.97. The van der Waals surface area contributed by atoms with E-state index in [1.807, 2.05) is 7.05 Å². The first kappa shape index (κ1) is 9.53. The standard InChI is InChI=1S/C12H18N2/c1-3-10-8-14-12-5-4-9(7-13-2)6-11(10)12/h4-6,10,13-14H,3,7-8H2,1-2H3. The molecule has 1 unspecified atom stereocenters. The van der Waals surface area contributed by atoms with Gasteiger partial charge in [0.15, 0.2) is 0 Å². The van der Waals surface area contributed by atoms with Crippen LogP contribution in [0.1, 0.15) is 30.4 Å². The van der Waals surface area contributed by atoms with Crippen LogP contribution in [0, 0.1) is 0 Å². The Bertz CT molecular complexity index is 320. The molecule has 2 N–H and O–H groups in total. The lowest BCUT2D eigenvalue weighted by atomic mass is 9.97. The van der Waals surface area contributed by atoms with Crippen molar-refractivity contribution >= 4 is 5.69 Å². The van der Waals surface area contributed by atoms with Crippen LogP contribution in [-0.2, 0) is 6.54 Å². The van der Waals surface area contributed by atoms with Gasteiger partial charge in [-0.2, -0.15) is 0 Å². The SMILES string of the molecule is CCC1CNc2ccc(CNC)cc21. The molecule has 0 amide bonds. The van der Waals surface area contributed by atoms with Gasteiger partial charge < -0.3 is 10.6 Å². The zero-order valence-electron chi connectivity index (χ0n) is 8.93. The van der Waals surface area contributed by atoms with E-state index in [9.17, 15) is 0 Å². The molecule has 1 aliphatic rings. The zero-order valence-corrected chi connectivity index (χ0v) is 8.93. The van der Waals surface area contributed by atoms with Gasteiger partial charge in [-0.3, -0.25) is 0 Å². The molecule has 2 nitrogen and oxygen atoms in total. The highest BCUT2D eigenvalue weighted by Gasteiger charge is 2.20. The predicted octanol–water partition coefficient (Wildman–Crippen LogP) is 2.33. The van der Waals surface area contributed by atoms with Crippen LogP contribution >= 0.6 is 0 Å². The van der Waals surface area contributed by atoms with Crippen LogP contribution in [0.25, 0.3) is 0 Å². The van der Waals surface area contributed by atoms with Crippen LogP contribution in [0.4, 0.5) is 5.69 Å². The number of rotatable bonds is 3. The van der Waals surface area contributed by atoms with E-state index in [0.717, 1.165) is 13.1 Å². The first-order valence-corrected chi connectivity index (χ1v) is 5.36. The molecule has 0 saturated heterocycles. The Morgan fingerprint density at radius 3 is 3.07 bits per heavy atom. The van der Waals surface area contributed by atoms with Crippen LogP contribution < -0.4 is 10.6 Å². The van der Waals surface area contributed by atoms with Gasteiger partial charge in [0.1, 0.15) is 0 Å². The van der Waals surface area contributed by atoms with Gasteiger partial charge in [-0.1, -0.05) is 19.1 Å². The normalized spacial score (nSPS) is 19.1. The molecule has 76 valence electrons. The maximum absolute atomic E-state index is 3.45. The van der Waals surface area contributed by atoms with E-state index in [1.165, 1.54) is 23.2 Å². The van der Waals surface area contributed by atoms with Gasteiger partial charge in [-0.05, 0) is 30.7 Å². The number of benzene rings is 1. The third-order valence-corrected chi connectivity index (χ3v) is 2.97. The molecule has 1 atom stereocenters. The molecule has 1 aliphatic heterocycles. The third kappa shape index (κ3) is 1.62. The maximum atomic E-state index is 3.45. The number of hydrogen-bond donors (Lipinski definition) is 2. The predicted molar refractivity (Wildman–Crippen MR) is 60.7 cm³/mol. The summed E-state index contributed by atoms with van der Waals surface area (Å²) in [5.74, 6) is 0.710. The quantitative estimate of drug-likeness (QED) is 0.764. The fraction of sp³-hybridized carbons (Fsp3) is 0.500. The van der Waals surface area contributed by atoms with Crippen molar-refractivity contribution < 1.29 is 0 Å². The lowest BCUT2D eigenvalue weighted by Crippen LogP contribution is -2.05. The van der Waals surface area contributed by atoms with Gasteiger partial charge in [0.25, 0.3) is 0 Å². The average Bonchev–Trinajstić information content (AvgIpc) is 2.60. The average molecular weight is 190 g/mol. The van der Waals surface area contributed by atoms with Gasteiger partial charge in [-0.25, -0.2) is 0 Å². The van der Waals surface area contributed by atoms with Gasteiger partial charge in [0.2, 0.25) is 0 Å². The molecule has 0 spiro atoms. The molecular formula is C12H18N2. The molecule has 1 heterocycles. The Morgan fingerprint density at radius 1 is 1.50 bits per heavy atom. The van der Waals surface area contributed by atoms with E-state index < -0.39 is 0 Å². The second-order valence-corrected chi connectivity index (χ2v) is 3.94. The minimum Gasteiger partial charge on any atom is -0.384 e. The molecule has 0 bridgehead atoms. The second kappa shape index (κ2) is 4.01. The summed E-state index contributed by atoms with van der Waals surface area (Å²) in [5, 5.41) is 6.64. The van der Waals surface area contributed by atoms with E-state index in [0.29, 0.717) is 5.92 Å². The highest BCUT2D eigenvalue weighted by Crippen LogP contribution is 2.33. The summed E-state index contributed by atoms with van der Waals surface area (Å²) in [6.07, 6.45) is 1.23. The molecule has 0 radical (unpaired) electrons. The summed E-state index contributed by atoms with van der Waals surface area (Å²) in [4.78, 5) is 0. The van der Waals surface area contributed by atoms with Crippen molar-refractivity contribution in [3.63, 3.8) is 0 Å². The highest BCUT2D eigenvalue weighted by molar-refractivity contribution is 5.58. The summed E-state index contributed by atoms with van der Waals surface area (Å²) in [6, 6.07) is 6.73. The Morgan fingerprint density at radius 2 is 2.36 bits per heavy atom. The molecule has 2 rings (SSSR count). The van der Waals surface area contributed by atoms with Crippen molar-refractivity contribution in [1.29, 1.82) is 0 Å². The lowest BCUT2D eigenvalue weighted by Gasteiger charge is -2.08. The van der Waals surface area contributed by atoms with Gasteiger partial charge in [0.05, 0.1) is 0 Å². The van der Waals surface area contributed by atoms with Crippen molar-refractivity contribution in [2.24, 2.45) is 0 Å². The van der Waals surface area contributed by atoms with E-state index >= 15 is 0 Å². The molecular weight excluding hydrogens is 172 g/mol. The molecule has 0 aliphatic carbocycles. The van der Waals surface area contributed by atoms with Crippen LogP contribution in [-0.4, -0.2) is 13.6 Å². The van der Waals surface area contributed by atoms with Crippen LogP contribution in [0.15, 0.2) is 18.2 Å². The van der Waals surface area contributed by atoms with Crippen molar-refractivity contribution in [2.75, 3.05) is 18.9 Å². The number of hydrogen-bond acceptors (Lipinski definition) is 2. The molecule has 2 heteroatoms. The summed E-state index contributed by atoms with van der Waals surface area (Å²) in [5.41, 5.74) is 4.21. The first-order valence-electron chi connectivity index (χ1n) is 5.36. The Labute approximate surface area is 85.7 Å². The monoisotopic (exact) mass is 190 g/mol. The van der Waals surface area contributed by atoms with Crippen molar-refractivity contribution in [1.82, 2.24) is 5.32 Å². The third-order valence-electron chi connectivity index (χ3n) is 2.97. The molecule has 0 aromatic heterocycles. The van der Waals surface area contributed by atoms with E-state index in [4.69, 9.17) is 0 Å². The van der Waals surface area contributed by atoms with Gasteiger partial charge >= 0.3 is 0 Å². The van der Waals surface area contributed by atoms with Crippen LogP contribution in [0.5, 0.6) is 0 Å². The fourth-order valence-electron chi connectivity index (χ4n) is 2.13. The largest absolute Gasteiger partial charge is 0.384 e. The summed E-state index contributed by atoms with van der Waals surface area (Å²) < 4.78 is 0. The van der Waals surface area contributed by atoms with Crippen LogP contribution in [0.3, 0.4) is 0 Å². The summed E-state index contributed by atoms with van der Waals surface area (Å²) >= 11 is 0. The van der Waals surface area contributed by atoms with Gasteiger partial charge in [-0.15, -0.1) is 0 Å². The Hall–Kier alpha value is -1.02. The minimum atomic E-state index is 0.710. The minimum absolute atomic E-state index is 0.710. The van der Waals surface area contributed by atoms with Crippen molar-refractivity contribution in [3.8, 4) is 0 Å². The second-order valence-electron chi connectivity index (χ2n) is 3.94. The molecule has 1 aromatic rings. The smallest absolute Gasteiger partial charge is 0.0376 e. The van der Waals surface area contributed by atoms with E-state index in [-0.39, 0.29) is 0 Å². The summed E-state index contributed by atoms with van der Waals surface area (Å²) in [7, 11) is 1.99. The molecule has 14 heavy (non-hydrogen) atoms. The van der Waals surface area contributed by atoms with Crippen molar-refractivity contribution in [3.05, 3.63) is 29.3 Å². The maximum Gasteiger partial charge on any atom is 0.0376 e. The van der Waals surface area contributed by atoms with Crippen molar-refractivity contribution in [2.45, 2.75) is 25.8 Å².